The molecule has 1 atom stereocenters. The molecule has 134 valence electrons. The molecular formula is C22H36N2. The third-order valence-electron chi connectivity index (χ3n) is 5.05. The molecule has 0 amide bonds. The molecule has 0 saturated heterocycles. The number of aromatic nitrogens is 1. The van der Waals surface area contributed by atoms with Gasteiger partial charge in [0.2, 0.25) is 0 Å². The van der Waals surface area contributed by atoms with Gasteiger partial charge in [0.15, 0.2) is 0 Å². The predicted octanol–water partition coefficient (Wildman–Crippen LogP) is 5.62. The first-order chi connectivity index (χ1) is 11.3. The van der Waals surface area contributed by atoms with E-state index < -0.39 is 0 Å². The minimum atomic E-state index is 0.661. The van der Waals surface area contributed by atoms with E-state index in [9.17, 15) is 0 Å². The molecule has 0 fully saturated rings. The largest absolute Gasteiger partial charge is 0.348 e. The van der Waals surface area contributed by atoms with E-state index in [2.05, 4.69) is 77.1 Å². The Hall–Kier alpha value is -1.54. The van der Waals surface area contributed by atoms with Gasteiger partial charge in [0, 0.05) is 23.6 Å². The lowest BCUT2D eigenvalue weighted by Gasteiger charge is -2.13. The van der Waals surface area contributed by atoms with Gasteiger partial charge in [-0.05, 0) is 49.8 Å². The summed E-state index contributed by atoms with van der Waals surface area (Å²) < 4.78 is 2.24. The van der Waals surface area contributed by atoms with E-state index in [0.717, 1.165) is 18.9 Å². The highest BCUT2D eigenvalue weighted by molar-refractivity contribution is 5.85. The Bertz CT molecular complexity index is 649. The molecule has 0 aliphatic rings. The van der Waals surface area contributed by atoms with Gasteiger partial charge in [0.25, 0.3) is 0 Å². The fourth-order valence-corrected chi connectivity index (χ4v) is 2.89. The quantitative estimate of drug-likeness (QED) is 0.685. The smallest absolute Gasteiger partial charge is 0.0482 e. The molecule has 0 bridgehead atoms. The van der Waals surface area contributed by atoms with Gasteiger partial charge >= 0.3 is 0 Å². The van der Waals surface area contributed by atoms with E-state index in [4.69, 9.17) is 5.73 Å². The lowest BCUT2D eigenvalue weighted by Crippen LogP contribution is -2.03. The van der Waals surface area contributed by atoms with Gasteiger partial charge in [-0.15, -0.1) is 0 Å². The summed E-state index contributed by atoms with van der Waals surface area (Å²) in [6.45, 7) is 15.9. The van der Waals surface area contributed by atoms with Gasteiger partial charge in [-0.25, -0.2) is 0 Å². The lowest BCUT2D eigenvalue weighted by molar-refractivity contribution is 0.528. The molecule has 1 heterocycles. The van der Waals surface area contributed by atoms with E-state index in [1.807, 2.05) is 0 Å². The maximum Gasteiger partial charge on any atom is 0.0482 e. The van der Waals surface area contributed by atoms with Crippen LogP contribution in [0.2, 0.25) is 0 Å². The molecule has 2 aromatic rings. The van der Waals surface area contributed by atoms with Gasteiger partial charge < -0.3 is 10.3 Å². The average molecular weight is 329 g/mol. The van der Waals surface area contributed by atoms with Gasteiger partial charge in [-0.2, -0.15) is 0 Å². The van der Waals surface area contributed by atoms with Gasteiger partial charge in [-0.1, -0.05) is 64.5 Å². The van der Waals surface area contributed by atoms with Crippen LogP contribution in [-0.2, 0) is 13.5 Å². The Morgan fingerprint density at radius 2 is 1.83 bits per heavy atom. The minimum Gasteiger partial charge on any atom is -0.348 e. The van der Waals surface area contributed by atoms with Crippen molar-refractivity contribution in [2.75, 3.05) is 6.54 Å². The molecule has 0 aliphatic carbocycles. The Morgan fingerprint density at radius 1 is 1.21 bits per heavy atom. The summed E-state index contributed by atoms with van der Waals surface area (Å²) in [5, 5.41) is 1.35. The standard InChI is InChI=1S/C12H16N2.C10H20/c1-9-10(7-8-13)11-5-3-4-6-12(11)14(9)2;1-6-9(4)7-10(5)8(2)3/h3-6H,7-8,13H2,1-2H3;8-9H,5-7H2,1-4H3. The molecule has 2 heteroatoms. The van der Waals surface area contributed by atoms with Crippen LogP contribution in [0.5, 0.6) is 0 Å². The number of nitrogens with zero attached hydrogens (tertiary/aromatic N) is 1. The summed E-state index contributed by atoms with van der Waals surface area (Å²) >= 11 is 0. The third-order valence-corrected chi connectivity index (χ3v) is 5.05. The van der Waals surface area contributed by atoms with Crippen LogP contribution in [-0.4, -0.2) is 11.1 Å². The second-order valence-electron chi connectivity index (χ2n) is 7.21. The van der Waals surface area contributed by atoms with Crippen LogP contribution in [0, 0.1) is 18.8 Å². The van der Waals surface area contributed by atoms with Crippen molar-refractivity contribution < 1.29 is 0 Å². The van der Waals surface area contributed by atoms with Crippen LogP contribution in [0.4, 0.5) is 0 Å². The number of allylic oxidation sites excluding steroid dienone is 1. The van der Waals surface area contributed by atoms with Crippen LogP contribution in [0.25, 0.3) is 10.9 Å². The number of para-hydroxylation sites is 1. The van der Waals surface area contributed by atoms with Crippen molar-refractivity contribution in [3.63, 3.8) is 0 Å². The van der Waals surface area contributed by atoms with Crippen molar-refractivity contribution in [1.29, 1.82) is 0 Å². The topological polar surface area (TPSA) is 30.9 Å². The fraction of sp³-hybridized carbons (Fsp3) is 0.545. The van der Waals surface area contributed by atoms with Crippen molar-refractivity contribution >= 4 is 10.9 Å². The molecule has 0 radical (unpaired) electrons. The summed E-state index contributed by atoms with van der Waals surface area (Å²) in [5.41, 5.74) is 11.0. The highest BCUT2D eigenvalue weighted by atomic mass is 14.9. The lowest BCUT2D eigenvalue weighted by atomic mass is 9.93. The highest BCUT2D eigenvalue weighted by Crippen LogP contribution is 2.24. The zero-order chi connectivity index (χ0) is 18.3. The third kappa shape index (κ3) is 5.24. The number of fused-ring (bicyclic) bond motifs is 1. The van der Waals surface area contributed by atoms with Crippen molar-refractivity contribution in [3.8, 4) is 0 Å². The van der Waals surface area contributed by atoms with Crippen molar-refractivity contribution in [2.45, 2.75) is 53.9 Å². The maximum atomic E-state index is 5.62. The van der Waals surface area contributed by atoms with Gasteiger partial charge in [0.05, 0.1) is 0 Å². The van der Waals surface area contributed by atoms with Crippen LogP contribution in [0.15, 0.2) is 36.4 Å². The Kier molecular flexibility index (Phi) is 8.27. The van der Waals surface area contributed by atoms with Crippen LogP contribution >= 0.6 is 0 Å². The molecule has 0 saturated carbocycles. The van der Waals surface area contributed by atoms with E-state index in [1.165, 1.54) is 40.6 Å². The minimum absolute atomic E-state index is 0.661. The molecule has 1 aromatic carbocycles. The first-order valence-corrected chi connectivity index (χ1v) is 9.24. The van der Waals surface area contributed by atoms with E-state index in [0.29, 0.717) is 5.92 Å². The molecule has 2 nitrogen and oxygen atoms in total. The molecule has 2 rings (SSSR count). The summed E-state index contributed by atoms with van der Waals surface area (Å²) in [7, 11) is 2.11. The molecule has 1 aromatic heterocycles. The van der Waals surface area contributed by atoms with Gasteiger partial charge in [-0.3, -0.25) is 0 Å². The number of rotatable bonds is 6. The first kappa shape index (κ1) is 20.5. The summed E-state index contributed by atoms with van der Waals surface area (Å²) in [6, 6.07) is 8.49. The second kappa shape index (κ2) is 9.68. The molecule has 24 heavy (non-hydrogen) atoms. The Morgan fingerprint density at radius 3 is 2.38 bits per heavy atom. The molecule has 0 spiro atoms. The van der Waals surface area contributed by atoms with Crippen LogP contribution in [0.1, 0.15) is 51.8 Å². The summed E-state index contributed by atoms with van der Waals surface area (Å²) in [6.07, 6.45) is 3.44. The van der Waals surface area contributed by atoms with Crippen LogP contribution < -0.4 is 5.73 Å². The van der Waals surface area contributed by atoms with E-state index in [1.54, 1.807) is 0 Å². The number of hydrogen-bond acceptors (Lipinski definition) is 1. The average Bonchev–Trinajstić information content (AvgIpc) is 2.81. The zero-order valence-corrected chi connectivity index (χ0v) is 16.5. The number of nitrogens with two attached hydrogens (primary N) is 1. The molecule has 0 aliphatic heterocycles. The maximum absolute atomic E-state index is 5.62. The monoisotopic (exact) mass is 328 g/mol. The van der Waals surface area contributed by atoms with Crippen molar-refractivity contribution in [2.24, 2.45) is 24.6 Å². The number of hydrogen-bond donors (Lipinski definition) is 1. The van der Waals surface area contributed by atoms with E-state index >= 15 is 0 Å². The second-order valence-corrected chi connectivity index (χ2v) is 7.21. The Labute approximate surface area is 148 Å². The molecule has 2 N–H and O–H groups in total. The zero-order valence-electron chi connectivity index (χ0n) is 16.5. The molecular weight excluding hydrogens is 292 g/mol. The van der Waals surface area contributed by atoms with E-state index in [-0.39, 0.29) is 0 Å². The SMILES string of the molecule is C=C(CC(C)CC)C(C)C.Cc1c(CCN)c2ccccc2n1C. The first-order valence-electron chi connectivity index (χ1n) is 9.24. The highest BCUT2D eigenvalue weighted by Gasteiger charge is 2.09. The summed E-state index contributed by atoms with van der Waals surface area (Å²) in [4.78, 5) is 0. The van der Waals surface area contributed by atoms with Crippen molar-refractivity contribution in [3.05, 3.63) is 47.7 Å². The fourth-order valence-electron chi connectivity index (χ4n) is 2.89. The number of aryl methyl sites for hydroxylation is 1. The summed E-state index contributed by atoms with van der Waals surface area (Å²) in [5.74, 6) is 1.48. The van der Waals surface area contributed by atoms with Crippen molar-refractivity contribution in [1.82, 2.24) is 4.57 Å². The van der Waals surface area contributed by atoms with Crippen LogP contribution in [0.3, 0.4) is 0 Å². The predicted molar refractivity (Wildman–Crippen MR) is 108 cm³/mol. The normalized spacial score (nSPS) is 12.2. The number of benzene rings is 1. The Balaban J connectivity index is 0.000000257. The van der Waals surface area contributed by atoms with Gasteiger partial charge in [0.1, 0.15) is 0 Å². The molecule has 1 unspecified atom stereocenters.